The van der Waals surface area contributed by atoms with Crippen molar-refractivity contribution < 1.29 is 4.42 Å². The van der Waals surface area contributed by atoms with Crippen LogP contribution in [0.3, 0.4) is 0 Å². The van der Waals surface area contributed by atoms with E-state index in [9.17, 15) is 0 Å². The lowest BCUT2D eigenvalue weighted by Crippen LogP contribution is -2.28. The lowest BCUT2D eigenvalue weighted by Gasteiger charge is -2.28. The van der Waals surface area contributed by atoms with Crippen molar-refractivity contribution in [3.63, 3.8) is 0 Å². The van der Waals surface area contributed by atoms with E-state index in [2.05, 4.69) is 239 Å². The van der Waals surface area contributed by atoms with E-state index in [0.29, 0.717) is 0 Å². The van der Waals surface area contributed by atoms with Crippen LogP contribution in [-0.2, 0) is 0 Å². The minimum Gasteiger partial charge on any atom is -0.455 e. The third-order valence-corrected chi connectivity index (χ3v) is 13.8. The van der Waals surface area contributed by atoms with Gasteiger partial charge in [0, 0.05) is 66.5 Å². The highest BCUT2D eigenvalue weighted by Crippen LogP contribution is 2.50. The van der Waals surface area contributed by atoms with Gasteiger partial charge in [0.05, 0.1) is 28.1 Å². The van der Waals surface area contributed by atoms with Gasteiger partial charge < -0.3 is 18.5 Å². The van der Waals surface area contributed by atoms with Crippen LogP contribution >= 0.6 is 0 Å². The summed E-state index contributed by atoms with van der Waals surface area (Å²) in [4.78, 5) is 2.49. The molecule has 0 radical (unpaired) electrons. The monoisotopic (exact) mass is 817 g/mol. The summed E-state index contributed by atoms with van der Waals surface area (Å²) in [7, 11) is 0. The summed E-state index contributed by atoms with van der Waals surface area (Å²) < 4.78 is 11.8. The van der Waals surface area contributed by atoms with Crippen LogP contribution in [-0.4, -0.2) is 15.2 Å². The maximum atomic E-state index is 7.02. The van der Waals surface area contributed by atoms with E-state index in [1.165, 1.54) is 66.1 Å². The Hall–Kier alpha value is -8.34. The quantitative estimate of drug-likeness (QED) is 0.173. The molecule has 4 heterocycles. The zero-order valence-corrected chi connectivity index (χ0v) is 34.8. The number of aromatic nitrogens is 2. The molecular formula is C60H39N3O. The van der Waals surface area contributed by atoms with Crippen molar-refractivity contribution in [2.75, 3.05) is 4.90 Å². The molecule has 1 aliphatic carbocycles. The molecule has 9 aromatic carbocycles. The summed E-state index contributed by atoms with van der Waals surface area (Å²) >= 11 is 0. The first-order chi connectivity index (χ1) is 31.7. The number of anilines is 2. The van der Waals surface area contributed by atoms with Crippen molar-refractivity contribution in [2.24, 2.45) is 0 Å². The smallest absolute Gasteiger partial charge is 0.143 e. The van der Waals surface area contributed by atoms with Crippen LogP contribution in [0, 0.1) is 0 Å². The highest BCUT2D eigenvalue weighted by molar-refractivity contribution is 6.15. The molecule has 0 fully saturated rings. The largest absolute Gasteiger partial charge is 0.455 e. The van der Waals surface area contributed by atoms with Gasteiger partial charge in [-0.2, -0.15) is 0 Å². The van der Waals surface area contributed by atoms with Crippen LogP contribution in [0.1, 0.15) is 11.5 Å². The van der Waals surface area contributed by atoms with E-state index in [4.69, 9.17) is 4.42 Å². The number of benzene rings is 9. The van der Waals surface area contributed by atoms with Crippen molar-refractivity contribution in [1.82, 2.24) is 9.13 Å². The minimum absolute atomic E-state index is 0.209. The Morgan fingerprint density at radius 3 is 1.66 bits per heavy atom. The Labute approximate surface area is 369 Å². The van der Waals surface area contributed by atoms with Gasteiger partial charge in [-0.15, -0.1) is 0 Å². The number of rotatable bonds is 5. The Morgan fingerprint density at radius 2 is 0.938 bits per heavy atom. The summed E-state index contributed by atoms with van der Waals surface area (Å²) in [5.74, 6) is 0.230. The van der Waals surface area contributed by atoms with E-state index in [1.54, 1.807) is 0 Å². The van der Waals surface area contributed by atoms with Crippen LogP contribution in [0.4, 0.5) is 11.4 Å². The summed E-state index contributed by atoms with van der Waals surface area (Å²) in [6.45, 7) is 0. The van der Waals surface area contributed by atoms with E-state index in [-0.39, 0.29) is 12.0 Å². The normalized spacial score (nSPS) is 15.7. The fraction of sp³-hybridized carbons (Fsp3) is 0.0333. The van der Waals surface area contributed by atoms with Crippen molar-refractivity contribution in [3.05, 3.63) is 230 Å². The molecule has 2 atom stereocenters. The first-order valence-electron chi connectivity index (χ1n) is 22.2. The average molecular weight is 818 g/mol. The van der Waals surface area contributed by atoms with Gasteiger partial charge >= 0.3 is 0 Å². The maximum Gasteiger partial charge on any atom is 0.143 e. The molecule has 14 rings (SSSR count). The molecule has 3 aromatic heterocycles. The number of fused-ring (bicyclic) bond motifs is 12. The van der Waals surface area contributed by atoms with Gasteiger partial charge in [-0.05, 0) is 113 Å². The second-order valence-electron chi connectivity index (χ2n) is 17.2. The number of hydrogen-bond donors (Lipinski definition) is 0. The van der Waals surface area contributed by atoms with Gasteiger partial charge in [-0.3, -0.25) is 0 Å². The van der Waals surface area contributed by atoms with Crippen LogP contribution in [0.5, 0.6) is 0 Å². The first kappa shape index (κ1) is 35.3. The van der Waals surface area contributed by atoms with Gasteiger partial charge in [0.15, 0.2) is 0 Å². The molecule has 4 nitrogen and oxygen atoms in total. The second kappa shape index (κ2) is 13.6. The SMILES string of the molecule is C1=CC2c3cc(-c4cc(-n5c6ccccc6c6ccccc65)cc5c4oc4ccc(-c6ccc7c(c6)c6ccccc6n7-c6ccccc6)cc45)ccc3N(c3ccccc3)C2C=C1. The van der Waals surface area contributed by atoms with Crippen molar-refractivity contribution in [2.45, 2.75) is 12.0 Å². The second-order valence-corrected chi connectivity index (χ2v) is 17.2. The molecule has 300 valence electrons. The Bertz CT molecular complexity index is 3870. The van der Waals surface area contributed by atoms with Crippen LogP contribution in [0.2, 0.25) is 0 Å². The van der Waals surface area contributed by atoms with E-state index < -0.39 is 0 Å². The molecule has 2 aliphatic rings. The predicted molar refractivity (Wildman–Crippen MR) is 267 cm³/mol. The Balaban J connectivity index is 0.995. The molecule has 0 saturated heterocycles. The lowest BCUT2D eigenvalue weighted by molar-refractivity contribution is 0.670. The fourth-order valence-electron chi connectivity index (χ4n) is 11.0. The Kier molecular flexibility index (Phi) is 7.48. The van der Waals surface area contributed by atoms with Gasteiger partial charge in [-0.25, -0.2) is 0 Å². The molecular weight excluding hydrogens is 779 g/mol. The highest BCUT2D eigenvalue weighted by atomic mass is 16.3. The number of furan rings is 1. The molecule has 64 heavy (non-hydrogen) atoms. The lowest BCUT2D eigenvalue weighted by atomic mass is 9.89. The van der Waals surface area contributed by atoms with Gasteiger partial charge in [-0.1, -0.05) is 133 Å². The zero-order valence-electron chi connectivity index (χ0n) is 34.8. The summed E-state index contributed by atoms with van der Waals surface area (Å²) in [6, 6.07) is 73.3. The third-order valence-electron chi connectivity index (χ3n) is 13.8. The molecule has 4 heteroatoms. The molecule has 0 bridgehead atoms. The molecule has 2 unspecified atom stereocenters. The maximum absolute atomic E-state index is 7.02. The Morgan fingerprint density at radius 1 is 0.375 bits per heavy atom. The standard InChI is InChI=1S/C60H39N3O/c1-3-15-41(16-4-1)61-55-25-13-9-21-46(55)49-33-38(27-30-57(49)61)39-29-32-59-51(34-39)52-37-43(63-53-23-11-7-19-44(53)45-20-8-12-24-54(45)63)36-48(60(52)64-59)40-28-31-58-50(35-40)47-22-10-14-26-56(47)62(58)42-17-5-2-6-18-42/h1-37,47,56H. The van der Waals surface area contributed by atoms with Crippen molar-refractivity contribution in [1.29, 1.82) is 0 Å². The third kappa shape index (κ3) is 5.11. The minimum atomic E-state index is 0.209. The average Bonchev–Trinajstić information content (AvgIpc) is 4.10. The number of para-hydroxylation sites is 5. The van der Waals surface area contributed by atoms with Crippen LogP contribution in [0.25, 0.3) is 99.2 Å². The van der Waals surface area contributed by atoms with Crippen molar-refractivity contribution in [3.8, 4) is 33.6 Å². The van der Waals surface area contributed by atoms with Crippen LogP contribution in [0.15, 0.2) is 229 Å². The van der Waals surface area contributed by atoms with Gasteiger partial charge in [0.2, 0.25) is 0 Å². The first-order valence-corrected chi connectivity index (χ1v) is 22.2. The molecule has 0 N–H and O–H groups in total. The zero-order chi connectivity index (χ0) is 41.9. The molecule has 12 aromatic rings. The predicted octanol–water partition coefficient (Wildman–Crippen LogP) is 15.8. The van der Waals surface area contributed by atoms with E-state index >= 15 is 0 Å². The van der Waals surface area contributed by atoms with Gasteiger partial charge in [0.25, 0.3) is 0 Å². The van der Waals surface area contributed by atoms with E-state index in [1.807, 2.05) is 0 Å². The fourth-order valence-corrected chi connectivity index (χ4v) is 11.0. The number of allylic oxidation sites excluding steroid dienone is 2. The molecule has 0 amide bonds. The molecule has 0 saturated carbocycles. The summed E-state index contributed by atoms with van der Waals surface area (Å²) in [5.41, 5.74) is 17.1. The van der Waals surface area contributed by atoms with Crippen molar-refractivity contribution >= 4 is 76.9 Å². The number of hydrogen-bond acceptors (Lipinski definition) is 2. The summed E-state index contributed by atoms with van der Waals surface area (Å²) in [6.07, 6.45) is 9.09. The van der Waals surface area contributed by atoms with Crippen LogP contribution < -0.4 is 4.90 Å². The molecule has 1 aliphatic heterocycles. The summed E-state index contributed by atoms with van der Waals surface area (Å²) in [5, 5.41) is 7.15. The highest BCUT2D eigenvalue weighted by Gasteiger charge is 2.37. The number of nitrogens with zero attached hydrogens (tertiary/aromatic N) is 3. The topological polar surface area (TPSA) is 26.2 Å². The van der Waals surface area contributed by atoms with E-state index in [0.717, 1.165) is 50.0 Å². The van der Waals surface area contributed by atoms with Gasteiger partial charge in [0.1, 0.15) is 11.2 Å². The molecule has 0 spiro atoms.